The third-order valence-electron chi connectivity index (χ3n) is 4.96. The summed E-state index contributed by atoms with van der Waals surface area (Å²) in [6, 6.07) is 12.8. The summed E-state index contributed by atoms with van der Waals surface area (Å²) in [6.07, 6.45) is 0. The molecule has 3 rings (SSSR count). The van der Waals surface area contributed by atoms with Gasteiger partial charge in [-0.25, -0.2) is 4.39 Å². The van der Waals surface area contributed by atoms with Crippen LogP contribution in [-0.4, -0.2) is 18.3 Å². The number of hydrogen-bond donors (Lipinski definition) is 0. The van der Waals surface area contributed by atoms with Gasteiger partial charge in [-0.15, -0.1) is 0 Å². The Balaban J connectivity index is 1.77. The molecular formula is C20H24BFO3. The van der Waals surface area contributed by atoms with E-state index in [-0.39, 0.29) is 5.82 Å². The molecule has 0 N–H and O–H groups in total. The van der Waals surface area contributed by atoms with E-state index < -0.39 is 18.3 Å². The third kappa shape index (κ3) is 3.72. The van der Waals surface area contributed by atoms with Crippen LogP contribution in [0.4, 0.5) is 4.39 Å². The molecule has 0 unspecified atom stereocenters. The second kappa shape index (κ2) is 6.47. The van der Waals surface area contributed by atoms with E-state index in [9.17, 15) is 4.39 Å². The maximum Gasteiger partial charge on any atom is 0.497 e. The lowest BCUT2D eigenvalue weighted by Crippen LogP contribution is -2.41. The SMILES string of the molecule is Cc1cccc(OCc2ccc(F)c(B3OC(C)(C)C(C)(C)O3)c2)c1. The minimum absolute atomic E-state index is 0.335. The lowest BCUT2D eigenvalue weighted by Gasteiger charge is -2.32. The van der Waals surface area contributed by atoms with E-state index in [1.807, 2.05) is 58.9 Å². The van der Waals surface area contributed by atoms with Gasteiger partial charge in [-0.2, -0.15) is 0 Å². The maximum absolute atomic E-state index is 14.3. The lowest BCUT2D eigenvalue weighted by molar-refractivity contribution is 0.00578. The van der Waals surface area contributed by atoms with Gasteiger partial charge in [0.15, 0.2) is 0 Å². The molecule has 0 spiro atoms. The van der Waals surface area contributed by atoms with Gasteiger partial charge in [0.1, 0.15) is 18.2 Å². The zero-order valence-corrected chi connectivity index (χ0v) is 15.4. The Bertz CT molecular complexity index is 757. The fourth-order valence-electron chi connectivity index (χ4n) is 2.71. The first-order chi connectivity index (χ1) is 11.7. The quantitative estimate of drug-likeness (QED) is 0.786. The predicted octanol–water partition coefficient (Wildman–Crippen LogP) is 4.01. The number of ether oxygens (including phenoxy) is 1. The van der Waals surface area contributed by atoms with Crippen LogP contribution in [0.3, 0.4) is 0 Å². The summed E-state index contributed by atoms with van der Waals surface area (Å²) >= 11 is 0. The van der Waals surface area contributed by atoms with E-state index >= 15 is 0 Å². The molecule has 0 amide bonds. The highest BCUT2D eigenvalue weighted by Gasteiger charge is 2.52. The first-order valence-electron chi connectivity index (χ1n) is 8.51. The zero-order chi connectivity index (χ0) is 18.2. The van der Waals surface area contributed by atoms with Crippen LogP contribution in [-0.2, 0) is 15.9 Å². The molecule has 3 nitrogen and oxygen atoms in total. The van der Waals surface area contributed by atoms with E-state index in [1.54, 1.807) is 12.1 Å². The van der Waals surface area contributed by atoms with Crippen molar-refractivity contribution in [2.75, 3.05) is 0 Å². The van der Waals surface area contributed by atoms with E-state index in [2.05, 4.69) is 0 Å². The summed E-state index contributed by atoms with van der Waals surface area (Å²) in [7, 11) is -0.719. The van der Waals surface area contributed by atoms with Crippen molar-refractivity contribution in [3.05, 3.63) is 59.4 Å². The molecule has 0 aromatic heterocycles. The molecule has 1 fully saturated rings. The second-order valence-corrected chi connectivity index (χ2v) is 7.55. The summed E-state index contributed by atoms with van der Waals surface area (Å²) in [5.74, 6) is 0.458. The van der Waals surface area contributed by atoms with E-state index in [0.29, 0.717) is 12.1 Å². The van der Waals surface area contributed by atoms with Crippen LogP contribution in [0.25, 0.3) is 0 Å². The first-order valence-corrected chi connectivity index (χ1v) is 8.51. The molecule has 132 valence electrons. The molecule has 1 aliphatic heterocycles. The Kier molecular flexibility index (Phi) is 4.65. The molecule has 25 heavy (non-hydrogen) atoms. The minimum atomic E-state index is -0.719. The molecule has 0 saturated carbocycles. The van der Waals surface area contributed by atoms with Crippen LogP contribution in [0.2, 0.25) is 0 Å². The topological polar surface area (TPSA) is 27.7 Å². The molecule has 0 radical (unpaired) electrons. The molecule has 1 aliphatic rings. The molecule has 0 atom stereocenters. The van der Waals surface area contributed by atoms with Gasteiger partial charge in [0.05, 0.1) is 11.2 Å². The van der Waals surface area contributed by atoms with E-state index in [0.717, 1.165) is 16.9 Å². The van der Waals surface area contributed by atoms with Crippen molar-refractivity contribution in [3.8, 4) is 5.75 Å². The largest absolute Gasteiger partial charge is 0.497 e. The lowest BCUT2D eigenvalue weighted by atomic mass is 9.78. The Hall–Kier alpha value is -1.85. The second-order valence-electron chi connectivity index (χ2n) is 7.55. The molecule has 0 aliphatic carbocycles. The van der Waals surface area contributed by atoms with Crippen molar-refractivity contribution < 1.29 is 18.4 Å². The molecular weight excluding hydrogens is 318 g/mol. The van der Waals surface area contributed by atoms with Crippen LogP contribution in [0, 0.1) is 12.7 Å². The van der Waals surface area contributed by atoms with E-state index in [4.69, 9.17) is 14.0 Å². The van der Waals surface area contributed by atoms with Crippen LogP contribution >= 0.6 is 0 Å². The summed E-state index contributed by atoms with van der Waals surface area (Å²) in [4.78, 5) is 0. The fraction of sp³-hybridized carbons (Fsp3) is 0.400. The smallest absolute Gasteiger partial charge is 0.489 e. The monoisotopic (exact) mass is 342 g/mol. The van der Waals surface area contributed by atoms with Gasteiger partial charge < -0.3 is 14.0 Å². The molecule has 0 bridgehead atoms. The predicted molar refractivity (Wildman–Crippen MR) is 97.6 cm³/mol. The standard InChI is InChI=1S/C20H24BFO3/c1-14-7-6-8-16(11-14)23-13-15-9-10-18(22)17(12-15)21-24-19(2,3)20(4,5)25-21/h6-12H,13H2,1-5H3. The number of hydrogen-bond acceptors (Lipinski definition) is 3. The highest BCUT2D eigenvalue weighted by Crippen LogP contribution is 2.36. The van der Waals surface area contributed by atoms with Crippen molar-refractivity contribution in [1.82, 2.24) is 0 Å². The van der Waals surface area contributed by atoms with Gasteiger partial charge >= 0.3 is 7.12 Å². The van der Waals surface area contributed by atoms with Crippen molar-refractivity contribution in [2.45, 2.75) is 52.4 Å². The normalized spacial score (nSPS) is 18.4. The summed E-state index contributed by atoms with van der Waals surface area (Å²) < 4.78 is 32.1. The minimum Gasteiger partial charge on any atom is -0.489 e. The Morgan fingerprint density at radius 3 is 2.32 bits per heavy atom. The summed E-state index contributed by atoms with van der Waals surface area (Å²) in [5, 5.41) is 0. The zero-order valence-electron chi connectivity index (χ0n) is 15.4. The Labute approximate surface area is 149 Å². The Morgan fingerprint density at radius 2 is 1.68 bits per heavy atom. The average Bonchev–Trinajstić information content (AvgIpc) is 2.74. The van der Waals surface area contributed by atoms with Crippen molar-refractivity contribution in [1.29, 1.82) is 0 Å². The van der Waals surface area contributed by atoms with Gasteiger partial charge in [-0.3, -0.25) is 0 Å². The van der Waals surface area contributed by atoms with Crippen molar-refractivity contribution >= 4 is 12.6 Å². The van der Waals surface area contributed by atoms with Gasteiger partial charge in [0.2, 0.25) is 0 Å². The molecule has 1 heterocycles. The highest BCUT2D eigenvalue weighted by molar-refractivity contribution is 6.62. The first kappa shape index (κ1) is 18.0. The molecule has 1 saturated heterocycles. The van der Waals surface area contributed by atoms with Crippen LogP contribution in [0.1, 0.15) is 38.8 Å². The Morgan fingerprint density at radius 1 is 1.00 bits per heavy atom. The van der Waals surface area contributed by atoms with Crippen molar-refractivity contribution in [3.63, 3.8) is 0 Å². The van der Waals surface area contributed by atoms with Crippen LogP contribution < -0.4 is 10.2 Å². The fourth-order valence-corrected chi connectivity index (χ4v) is 2.71. The van der Waals surface area contributed by atoms with Crippen molar-refractivity contribution in [2.24, 2.45) is 0 Å². The molecule has 2 aromatic rings. The van der Waals surface area contributed by atoms with Gasteiger partial charge in [-0.05, 0) is 63.9 Å². The summed E-state index contributed by atoms with van der Waals surface area (Å²) in [5.41, 5.74) is 1.40. The van der Waals surface area contributed by atoms with Crippen LogP contribution in [0.15, 0.2) is 42.5 Å². The third-order valence-corrected chi connectivity index (χ3v) is 4.96. The number of benzene rings is 2. The van der Waals surface area contributed by atoms with Crippen LogP contribution in [0.5, 0.6) is 5.75 Å². The van der Waals surface area contributed by atoms with Gasteiger partial charge in [-0.1, -0.05) is 24.3 Å². The van der Waals surface area contributed by atoms with Gasteiger partial charge in [0, 0.05) is 5.46 Å². The molecule has 5 heteroatoms. The number of halogens is 1. The average molecular weight is 342 g/mol. The van der Waals surface area contributed by atoms with E-state index in [1.165, 1.54) is 6.07 Å². The number of aryl methyl sites for hydroxylation is 1. The highest BCUT2D eigenvalue weighted by atomic mass is 19.1. The molecule has 2 aromatic carbocycles. The maximum atomic E-state index is 14.3. The van der Waals surface area contributed by atoms with Gasteiger partial charge in [0.25, 0.3) is 0 Å². The summed E-state index contributed by atoms with van der Waals surface area (Å²) in [6.45, 7) is 10.2. The number of rotatable bonds is 4.